The van der Waals surface area contributed by atoms with Crippen LogP contribution in [0.5, 0.6) is 0 Å². The van der Waals surface area contributed by atoms with Crippen LogP contribution in [0.15, 0.2) is 0 Å². The first-order valence-corrected chi connectivity index (χ1v) is 8.43. The van der Waals surface area contributed by atoms with Gasteiger partial charge in [-0.1, -0.05) is 26.7 Å². The Morgan fingerprint density at radius 2 is 1.87 bits per heavy atom. The van der Waals surface area contributed by atoms with Gasteiger partial charge in [0, 0.05) is 32.5 Å². The average Bonchev–Trinajstić information content (AvgIpc) is 2.80. The summed E-state index contributed by atoms with van der Waals surface area (Å²) in [5.74, 6) is 0.510. The van der Waals surface area contributed by atoms with Gasteiger partial charge in [-0.15, -0.1) is 12.4 Å². The highest BCUT2D eigenvalue weighted by Crippen LogP contribution is 2.34. The smallest absolute Gasteiger partial charge is 0.410 e. The first-order valence-electron chi connectivity index (χ1n) is 8.43. The van der Waals surface area contributed by atoms with E-state index in [2.05, 4.69) is 13.8 Å². The number of likely N-dealkylation sites (tertiary alicyclic amines) is 1. The number of hydrogen-bond donors (Lipinski definition) is 1. The highest BCUT2D eigenvalue weighted by atomic mass is 35.5. The second-order valence-corrected chi connectivity index (χ2v) is 6.73. The Labute approximate surface area is 145 Å². The number of amides is 2. The van der Waals surface area contributed by atoms with Crippen LogP contribution in [0.1, 0.15) is 46.5 Å². The standard InChI is InChI=1S/C16H29N3O3.ClH/c1-4-13(5-2)10-19-11-16(22-15(19)21)6-8-18(9-7-16)14(20)12(3)17;/h12-13H,4-11,17H2,1-3H3;1H/t12-;/m1./s1. The quantitative estimate of drug-likeness (QED) is 0.825. The predicted octanol–water partition coefficient (Wildman–Crippen LogP) is 2.00. The largest absolute Gasteiger partial charge is 0.441 e. The molecule has 7 heteroatoms. The molecule has 0 bridgehead atoms. The van der Waals surface area contributed by atoms with Crippen molar-refractivity contribution in [2.75, 3.05) is 26.2 Å². The number of nitrogens with two attached hydrogens (primary N) is 1. The molecule has 0 aromatic heterocycles. The van der Waals surface area contributed by atoms with Crippen molar-refractivity contribution in [3.63, 3.8) is 0 Å². The summed E-state index contributed by atoms with van der Waals surface area (Å²) < 4.78 is 5.70. The van der Waals surface area contributed by atoms with Gasteiger partial charge in [-0.3, -0.25) is 4.79 Å². The summed E-state index contributed by atoms with van der Waals surface area (Å²) in [6.07, 6.45) is 3.36. The van der Waals surface area contributed by atoms with Crippen LogP contribution in [-0.4, -0.2) is 59.6 Å². The van der Waals surface area contributed by atoms with Crippen molar-refractivity contribution in [1.82, 2.24) is 9.80 Å². The number of carbonyl (C=O) groups excluding carboxylic acids is 2. The van der Waals surface area contributed by atoms with Crippen LogP contribution >= 0.6 is 12.4 Å². The zero-order valence-electron chi connectivity index (χ0n) is 14.4. The number of ether oxygens (including phenoxy) is 1. The van der Waals surface area contributed by atoms with E-state index in [0.29, 0.717) is 38.4 Å². The molecule has 2 rings (SSSR count). The summed E-state index contributed by atoms with van der Waals surface area (Å²) in [6.45, 7) is 8.68. The molecule has 0 unspecified atom stereocenters. The van der Waals surface area contributed by atoms with Gasteiger partial charge in [-0.25, -0.2) is 4.79 Å². The molecule has 2 saturated heterocycles. The van der Waals surface area contributed by atoms with Crippen LogP contribution in [0.3, 0.4) is 0 Å². The van der Waals surface area contributed by atoms with Crippen molar-refractivity contribution in [2.24, 2.45) is 11.7 Å². The maximum atomic E-state index is 12.1. The fourth-order valence-electron chi connectivity index (χ4n) is 3.37. The second kappa shape index (κ2) is 8.20. The van der Waals surface area contributed by atoms with Crippen LogP contribution in [0.25, 0.3) is 0 Å². The summed E-state index contributed by atoms with van der Waals surface area (Å²) in [5, 5.41) is 0. The maximum absolute atomic E-state index is 12.1. The Balaban J connectivity index is 0.00000264. The van der Waals surface area contributed by atoms with Gasteiger partial charge in [-0.2, -0.15) is 0 Å². The van der Waals surface area contributed by atoms with Crippen molar-refractivity contribution < 1.29 is 14.3 Å². The first-order chi connectivity index (χ1) is 10.4. The summed E-state index contributed by atoms with van der Waals surface area (Å²) in [5.41, 5.74) is 5.25. The van der Waals surface area contributed by atoms with Crippen molar-refractivity contribution in [1.29, 1.82) is 0 Å². The van der Waals surface area contributed by atoms with E-state index in [1.54, 1.807) is 11.8 Å². The minimum atomic E-state index is -0.466. The van der Waals surface area contributed by atoms with Crippen LogP contribution in [0.4, 0.5) is 4.79 Å². The van der Waals surface area contributed by atoms with Gasteiger partial charge < -0.3 is 20.3 Å². The zero-order valence-corrected chi connectivity index (χ0v) is 15.2. The monoisotopic (exact) mass is 347 g/mol. The number of hydrogen-bond acceptors (Lipinski definition) is 4. The molecular formula is C16H30ClN3O3. The number of carbonyl (C=O) groups is 2. The fourth-order valence-corrected chi connectivity index (χ4v) is 3.37. The van der Waals surface area contributed by atoms with Gasteiger partial charge >= 0.3 is 6.09 Å². The van der Waals surface area contributed by atoms with E-state index >= 15 is 0 Å². The van der Waals surface area contributed by atoms with Gasteiger partial charge in [0.2, 0.25) is 5.91 Å². The first kappa shape index (κ1) is 20.0. The van der Waals surface area contributed by atoms with Gasteiger partial charge in [-0.05, 0) is 12.8 Å². The van der Waals surface area contributed by atoms with Crippen LogP contribution in [-0.2, 0) is 9.53 Å². The maximum Gasteiger partial charge on any atom is 0.410 e. The van der Waals surface area contributed by atoms with Gasteiger partial charge in [0.25, 0.3) is 0 Å². The molecule has 6 nitrogen and oxygen atoms in total. The molecule has 134 valence electrons. The normalized spacial score (nSPS) is 21.3. The van der Waals surface area contributed by atoms with Crippen molar-refractivity contribution >= 4 is 24.4 Å². The summed E-state index contributed by atoms with van der Waals surface area (Å²) in [4.78, 5) is 27.7. The third-order valence-corrected chi connectivity index (χ3v) is 5.05. The Morgan fingerprint density at radius 3 is 2.35 bits per heavy atom. The molecule has 2 N–H and O–H groups in total. The Bertz CT molecular complexity index is 419. The molecule has 0 aromatic carbocycles. The van der Waals surface area contributed by atoms with E-state index in [4.69, 9.17) is 10.5 Å². The third kappa shape index (κ3) is 4.51. The topological polar surface area (TPSA) is 75.9 Å². The van der Waals surface area contributed by atoms with E-state index < -0.39 is 11.6 Å². The van der Waals surface area contributed by atoms with E-state index in [0.717, 1.165) is 19.4 Å². The lowest BCUT2D eigenvalue weighted by atomic mass is 9.90. The number of halogens is 1. The van der Waals surface area contributed by atoms with Gasteiger partial charge in [0.05, 0.1) is 12.6 Å². The van der Waals surface area contributed by atoms with Crippen molar-refractivity contribution in [3.05, 3.63) is 0 Å². The SMILES string of the molecule is CCC(CC)CN1CC2(CCN(C(=O)[C@@H](C)N)CC2)OC1=O.Cl. The highest BCUT2D eigenvalue weighted by Gasteiger charge is 2.47. The van der Waals surface area contributed by atoms with Crippen molar-refractivity contribution in [2.45, 2.75) is 58.1 Å². The highest BCUT2D eigenvalue weighted by molar-refractivity contribution is 5.85. The molecule has 0 aromatic rings. The second-order valence-electron chi connectivity index (χ2n) is 6.73. The molecule has 2 aliphatic heterocycles. The summed E-state index contributed by atoms with van der Waals surface area (Å²) in [6, 6.07) is -0.466. The predicted molar refractivity (Wildman–Crippen MR) is 91.6 cm³/mol. The lowest BCUT2D eigenvalue weighted by molar-refractivity contribution is -0.135. The Kier molecular flexibility index (Phi) is 7.14. The summed E-state index contributed by atoms with van der Waals surface area (Å²) in [7, 11) is 0. The van der Waals surface area contributed by atoms with Crippen molar-refractivity contribution in [3.8, 4) is 0 Å². The lowest BCUT2D eigenvalue weighted by Gasteiger charge is -2.38. The summed E-state index contributed by atoms with van der Waals surface area (Å²) >= 11 is 0. The molecule has 1 spiro atoms. The Hall–Kier alpha value is -1.01. The molecule has 23 heavy (non-hydrogen) atoms. The number of rotatable bonds is 5. The molecule has 0 saturated carbocycles. The molecule has 2 heterocycles. The van der Waals surface area contributed by atoms with E-state index in [1.165, 1.54) is 0 Å². The van der Waals surface area contributed by atoms with Crippen LogP contribution in [0, 0.1) is 5.92 Å². The zero-order chi connectivity index (χ0) is 16.3. The molecule has 2 aliphatic rings. The molecule has 2 amide bonds. The van der Waals surface area contributed by atoms with Gasteiger partial charge in [0.1, 0.15) is 5.60 Å². The molecule has 2 fully saturated rings. The van der Waals surface area contributed by atoms with E-state index in [1.807, 2.05) is 4.90 Å². The molecular weight excluding hydrogens is 318 g/mol. The van der Waals surface area contributed by atoms with Crippen LogP contribution in [0.2, 0.25) is 0 Å². The minimum Gasteiger partial charge on any atom is -0.441 e. The van der Waals surface area contributed by atoms with Gasteiger partial charge in [0.15, 0.2) is 0 Å². The molecule has 1 atom stereocenters. The molecule has 0 radical (unpaired) electrons. The lowest BCUT2D eigenvalue weighted by Crippen LogP contribution is -2.52. The van der Waals surface area contributed by atoms with E-state index in [-0.39, 0.29) is 24.4 Å². The fraction of sp³-hybridized carbons (Fsp3) is 0.875. The average molecular weight is 348 g/mol. The Morgan fingerprint density at radius 1 is 1.30 bits per heavy atom. The number of nitrogens with zero attached hydrogens (tertiary/aromatic N) is 2. The van der Waals surface area contributed by atoms with E-state index in [9.17, 15) is 9.59 Å². The third-order valence-electron chi connectivity index (χ3n) is 5.05. The van der Waals surface area contributed by atoms with Crippen LogP contribution < -0.4 is 5.73 Å². The minimum absolute atomic E-state index is 0. The number of piperidine rings is 1. The molecule has 0 aliphatic carbocycles.